The van der Waals surface area contributed by atoms with Crippen LogP contribution in [0.1, 0.15) is 19.4 Å². The van der Waals surface area contributed by atoms with Crippen LogP contribution in [-0.4, -0.2) is 60.7 Å². The quantitative estimate of drug-likeness (QED) is 0.596. The molecule has 2 atom stereocenters. The minimum atomic E-state index is -3.58. The van der Waals surface area contributed by atoms with E-state index in [0.717, 1.165) is 9.87 Å². The Morgan fingerprint density at radius 1 is 1.28 bits per heavy atom. The molecule has 3 rings (SSSR count). The highest BCUT2D eigenvalue weighted by Crippen LogP contribution is 2.30. The summed E-state index contributed by atoms with van der Waals surface area (Å²) in [7, 11) is -0.624. The third kappa shape index (κ3) is 5.46. The van der Waals surface area contributed by atoms with E-state index in [9.17, 15) is 13.2 Å². The number of amidine groups is 1. The van der Waals surface area contributed by atoms with E-state index in [1.165, 1.54) is 38.0 Å². The maximum atomic E-state index is 13.2. The maximum Gasteiger partial charge on any atom is 0.269 e. The van der Waals surface area contributed by atoms with Crippen molar-refractivity contribution in [3.63, 3.8) is 0 Å². The summed E-state index contributed by atoms with van der Waals surface area (Å²) in [5, 5.41) is 1.27. The number of nitrogens with zero attached hydrogens (tertiary/aromatic N) is 3. The molecule has 2 aromatic rings. The Morgan fingerprint density at radius 2 is 2.00 bits per heavy atom. The number of aliphatic imine (C=N–C) groups is 1. The molecule has 0 radical (unpaired) electrons. The largest absolute Gasteiger partial charge is 0.481 e. The molecule has 1 saturated heterocycles. The smallest absolute Gasteiger partial charge is 0.269 e. The second-order valence-corrected chi connectivity index (χ2v) is 11.7. The molecular formula is C22H26ClN3O4S2. The number of halogens is 1. The molecule has 0 aromatic heterocycles. The number of aryl methyl sites for hydroxylation is 1. The van der Waals surface area contributed by atoms with Gasteiger partial charge in [0.1, 0.15) is 5.75 Å². The molecule has 1 heterocycles. The van der Waals surface area contributed by atoms with Crippen molar-refractivity contribution < 1.29 is 17.9 Å². The molecule has 2 unspecified atom stereocenters. The number of hydrogen-bond donors (Lipinski definition) is 0. The van der Waals surface area contributed by atoms with Crippen LogP contribution in [-0.2, 0) is 14.8 Å². The fraction of sp³-hybridized carbons (Fsp3) is 0.364. The summed E-state index contributed by atoms with van der Waals surface area (Å²) in [6, 6.07) is 11.6. The molecule has 2 aromatic carbocycles. The predicted molar refractivity (Wildman–Crippen MR) is 129 cm³/mol. The Morgan fingerprint density at radius 3 is 2.66 bits per heavy atom. The van der Waals surface area contributed by atoms with Crippen LogP contribution < -0.4 is 4.74 Å². The highest BCUT2D eigenvalue weighted by Gasteiger charge is 2.34. The molecule has 10 heteroatoms. The number of rotatable bonds is 6. The zero-order chi connectivity index (χ0) is 23.6. The summed E-state index contributed by atoms with van der Waals surface area (Å²) in [5.74, 6) is 0.377. The molecule has 0 N–H and O–H groups in total. The predicted octanol–water partition coefficient (Wildman–Crippen LogP) is 4.32. The summed E-state index contributed by atoms with van der Waals surface area (Å²) in [6.07, 6.45) is -0.730. The fourth-order valence-corrected chi connectivity index (χ4v) is 5.33. The molecule has 0 spiro atoms. The van der Waals surface area contributed by atoms with E-state index in [2.05, 4.69) is 4.99 Å². The summed E-state index contributed by atoms with van der Waals surface area (Å²) in [6.45, 7) is 6.07. The van der Waals surface area contributed by atoms with E-state index in [4.69, 9.17) is 16.3 Å². The van der Waals surface area contributed by atoms with Gasteiger partial charge in [-0.3, -0.25) is 9.69 Å². The lowest BCUT2D eigenvalue weighted by Gasteiger charge is -2.22. The third-order valence-electron chi connectivity index (χ3n) is 4.85. The van der Waals surface area contributed by atoms with Crippen molar-refractivity contribution in [2.75, 3.05) is 20.6 Å². The van der Waals surface area contributed by atoms with Crippen molar-refractivity contribution >= 4 is 50.1 Å². The molecule has 0 aliphatic carbocycles. The van der Waals surface area contributed by atoms with Crippen LogP contribution in [0.5, 0.6) is 5.75 Å². The van der Waals surface area contributed by atoms with Crippen molar-refractivity contribution in [3.8, 4) is 5.75 Å². The Labute approximate surface area is 198 Å². The highest BCUT2D eigenvalue weighted by atomic mass is 35.5. The molecule has 0 saturated carbocycles. The standard InChI is InChI=1S/C22H26ClN3O4S2/c1-14-11-17(23)9-10-20(14)30-16(3)21(27)26-13-15(2)31-22(26)24-18-7-6-8-19(12-18)32(28,29)25(4)5/h6-12,15-16H,13H2,1-5H3. The van der Waals surface area contributed by atoms with Crippen LogP contribution in [0.4, 0.5) is 5.69 Å². The lowest BCUT2D eigenvalue weighted by Crippen LogP contribution is -2.41. The van der Waals surface area contributed by atoms with Gasteiger partial charge in [-0.05, 0) is 55.8 Å². The number of amides is 1. The average molecular weight is 496 g/mol. The molecule has 1 fully saturated rings. The number of carbonyl (C=O) groups is 1. The molecule has 32 heavy (non-hydrogen) atoms. The minimum absolute atomic E-state index is 0.146. The molecular weight excluding hydrogens is 470 g/mol. The molecule has 7 nitrogen and oxygen atoms in total. The fourth-order valence-electron chi connectivity index (χ4n) is 3.13. The zero-order valence-corrected chi connectivity index (χ0v) is 21.0. The van der Waals surface area contributed by atoms with Gasteiger partial charge in [-0.25, -0.2) is 17.7 Å². The number of thioether (sulfide) groups is 1. The molecule has 1 aliphatic heterocycles. The second-order valence-electron chi connectivity index (χ2n) is 7.73. The number of carbonyl (C=O) groups excluding carboxylic acids is 1. The normalized spacial score (nSPS) is 18.9. The monoisotopic (exact) mass is 495 g/mol. The first-order valence-corrected chi connectivity index (χ1v) is 12.7. The summed E-state index contributed by atoms with van der Waals surface area (Å²) >= 11 is 7.47. The van der Waals surface area contributed by atoms with Gasteiger partial charge in [0.05, 0.1) is 10.6 Å². The summed E-state index contributed by atoms with van der Waals surface area (Å²) < 4.78 is 31.9. The van der Waals surface area contributed by atoms with Crippen molar-refractivity contribution in [2.24, 2.45) is 4.99 Å². The van der Waals surface area contributed by atoms with Gasteiger partial charge in [0.25, 0.3) is 5.91 Å². The Hall–Kier alpha value is -2.07. The van der Waals surface area contributed by atoms with Gasteiger partial charge in [0, 0.05) is 30.9 Å². The summed E-state index contributed by atoms with van der Waals surface area (Å²) in [5.41, 5.74) is 1.30. The van der Waals surface area contributed by atoms with E-state index >= 15 is 0 Å². The Bertz CT molecular complexity index is 1150. The van der Waals surface area contributed by atoms with E-state index in [1.807, 2.05) is 13.8 Å². The topological polar surface area (TPSA) is 79.3 Å². The van der Waals surface area contributed by atoms with E-state index in [0.29, 0.717) is 28.2 Å². The van der Waals surface area contributed by atoms with E-state index in [1.54, 1.807) is 42.2 Å². The van der Waals surface area contributed by atoms with Crippen molar-refractivity contribution in [1.29, 1.82) is 0 Å². The van der Waals surface area contributed by atoms with Crippen molar-refractivity contribution in [2.45, 2.75) is 37.0 Å². The van der Waals surface area contributed by atoms with Gasteiger partial charge in [-0.1, -0.05) is 36.4 Å². The second kappa shape index (κ2) is 9.82. The van der Waals surface area contributed by atoms with Crippen LogP contribution in [0.3, 0.4) is 0 Å². The third-order valence-corrected chi connectivity index (χ3v) is 7.97. The first-order chi connectivity index (χ1) is 15.0. The van der Waals surface area contributed by atoms with Crippen LogP contribution in [0.2, 0.25) is 5.02 Å². The molecule has 1 amide bonds. The first-order valence-electron chi connectivity index (χ1n) is 10.0. The SMILES string of the molecule is Cc1cc(Cl)ccc1OC(C)C(=O)N1CC(C)SC1=Nc1cccc(S(=O)(=O)N(C)C)c1. The van der Waals surface area contributed by atoms with Crippen LogP contribution in [0, 0.1) is 6.92 Å². The lowest BCUT2D eigenvalue weighted by atomic mass is 10.2. The molecule has 1 aliphatic rings. The Balaban J connectivity index is 1.84. The number of hydrogen-bond acceptors (Lipinski definition) is 6. The van der Waals surface area contributed by atoms with Gasteiger partial charge in [0.15, 0.2) is 11.3 Å². The average Bonchev–Trinajstić information content (AvgIpc) is 3.09. The maximum absolute atomic E-state index is 13.2. The van der Waals surface area contributed by atoms with Gasteiger partial charge >= 0.3 is 0 Å². The number of ether oxygens (including phenoxy) is 1. The van der Waals surface area contributed by atoms with Crippen LogP contribution in [0.25, 0.3) is 0 Å². The number of benzene rings is 2. The van der Waals surface area contributed by atoms with Crippen LogP contribution >= 0.6 is 23.4 Å². The van der Waals surface area contributed by atoms with E-state index < -0.39 is 16.1 Å². The van der Waals surface area contributed by atoms with Crippen molar-refractivity contribution in [1.82, 2.24) is 9.21 Å². The zero-order valence-electron chi connectivity index (χ0n) is 18.6. The van der Waals surface area contributed by atoms with E-state index in [-0.39, 0.29) is 16.1 Å². The van der Waals surface area contributed by atoms with Crippen molar-refractivity contribution in [3.05, 3.63) is 53.1 Å². The molecule has 172 valence electrons. The highest BCUT2D eigenvalue weighted by molar-refractivity contribution is 8.14. The minimum Gasteiger partial charge on any atom is -0.481 e. The lowest BCUT2D eigenvalue weighted by molar-refractivity contribution is -0.133. The van der Waals surface area contributed by atoms with Gasteiger partial charge in [-0.2, -0.15) is 0 Å². The van der Waals surface area contributed by atoms with Gasteiger partial charge < -0.3 is 4.74 Å². The number of sulfonamides is 1. The van der Waals surface area contributed by atoms with Gasteiger partial charge in [-0.15, -0.1) is 0 Å². The first kappa shape index (κ1) is 24.6. The van der Waals surface area contributed by atoms with Crippen LogP contribution in [0.15, 0.2) is 52.4 Å². The summed E-state index contributed by atoms with van der Waals surface area (Å²) in [4.78, 5) is 19.5. The van der Waals surface area contributed by atoms with Gasteiger partial charge in [0.2, 0.25) is 10.0 Å². The Kier molecular flexibility index (Phi) is 7.54. The molecule has 0 bridgehead atoms.